The van der Waals surface area contributed by atoms with Crippen LogP contribution >= 0.6 is 0 Å². The maximum absolute atomic E-state index is 4.68. The largest absolute Gasteiger partial charge is 0.328 e. The van der Waals surface area contributed by atoms with E-state index in [9.17, 15) is 0 Å². The Bertz CT molecular complexity index is 713. The minimum atomic E-state index is 1.10. The zero-order valence-electron chi connectivity index (χ0n) is 10.0. The first-order valence-corrected chi connectivity index (χ1v) is 6.31. The van der Waals surface area contributed by atoms with Gasteiger partial charge in [-0.2, -0.15) is 0 Å². The first kappa shape index (κ1) is 9.83. The molecule has 0 fully saturated rings. The average molecular weight is 235 g/mol. The van der Waals surface area contributed by atoms with Gasteiger partial charge >= 0.3 is 0 Å². The van der Waals surface area contributed by atoms with Gasteiger partial charge < -0.3 is 4.57 Å². The summed E-state index contributed by atoms with van der Waals surface area (Å²) in [5.41, 5.74) is 4.74. The first-order chi connectivity index (χ1) is 8.92. The number of aromatic nitrogens is 3. The third-order valence-electron chi connectivity index (χ3n) is 3.60. The van der Waals surface area contributed by atoms with Crippen LogP contribution < -0.4 is 0 Å². The quantitative estimate of drug-likeness (QED) is 0.649. The van der Waals surface area contributed by atoms with Gasteiger partial charge in [-0.3, -0.25) is 4.98 Å². The number of fused-ring (bicyclic) bond motifs is 3. The predicted molar refractivity (Wildman–Crippen MR) is 71.3 cm³/mol. The highest BCUT2D eigenvalue weighted by atomic mass is 15.1. The van der Waals surface area contributed by atoms with Crippen molar-refractivity contribution in [3.05, 3.63) is 48.5 Å². The van der Waals surface area contributed by atoms with E-state index in [0.29, 0.717) is 0 Å². The van der Waals surface area contributed by atoms with Crippen molar-refractivity contribution in [3.8, 4) is 11.1 Å². The molecule has 3 heteroatoms. The van der Waals surface area contributed by atoms with Crippen molar-refractivity contribution in [1.29, 1.82) is 0 Å². The minimum Gasteiger partial charge on any atom is -0.328 e. The summed E-state index contributed by atoms with van der Waals surface area (Å²) in [4.78, 5) is 8.85. The third kappa shape index (κ3) is 1.37. The summed E-state index contributed by atoms with van der Waals surface area (Å²) in [6.45, 7) is 1.10. The molecule has 0 aliphatic carbocycles. The lowest BCUT2D eigenvalue weighted by Crippen LogP contribution is -1.91. The van der Waals surface area contributed by atoms with Crippen molar-refractivity contribution in [2.75, 3.05) is 0 Å². The van der Waals surface area contributed by atoms with E-state index < -0.39 is 0 Å². The molecule has 0 radical (unpaired) electrons. The highest BCUT2D eigenvalue weighted by molar-refractivity contribution is 5.82. The fraction of sp³-hybridized carbons (Fsp3) is 0.200. The second-order valence-electron chi connectivity index (χ2n) is 4.73. The van der Waals surface area contributed by atoms with E-state index in [4.69, 9.17) is 0 Å². The van der Waals surface area contributed by atoms with Crippen LogP contribution in [0.15, 0.2) is 42.7 Å². The molecule has 3 heterocycles. The SMILES string of the molecule is c1cncc(-c2ccc3nc4n(c3c2)CCC4)c1. The standard InChI is InChI=1S/C15H13N3/c1-3-12(10-16-7-1)11-5-6-13-14(9-11)18-8-2-4-15(18)17-13/h1,3,5-7,9-10H,2,4,8H2. The van der Waals surface area contributed by atoms with Crippen molar-refractivity contribution in [2.45, 2.75) is 19.4 Å². The van der Waals surface area contributed by atoms with Crippen molar-refractivity contribution >= 4 is 11.0 Å². The van der Waals surface area contributed by atoms with Crippen LogP contribution in [-0.2, 0) is 13.0 Å². The number of aryl methyl sites for hydroxylation is 2. The van der Waals surface area contributed by atoms with Crippen molar-refractivity contribution in [3.63, 3.8) is 0 Å². The maximum Gasteiger partial charge on any atom is 0.109 e. The van der Waals surface area contributed by atoms with Gasteiger partial charge in [0.25, 0.3) is 0 Å². The Balaban J connectivity index is 1.94. The predicted octanol–water partition coefficient (Wildman–Crippen LogP) is 3.04. The number of benzene rings is 1. The van der Waals surface area contributed by atoms with E-state index in [-0.39, 0.29) is 0 Å². The number of pyridine rings is 1. The number of imidazole rings is 1. The molecule has 0 unspecified atom stereocenters. The van der Waals surface area contributed by atoms with Gasteiger partial charge in [0.15, 0.2) is 0 Å². The molecule has 0 N–H and O–H groups in total. The third-order valence-corrected chi connectivity index (χ3v) is 3.60. The topological polar surface area (TPSA) is 30.7 Å². The van der Waals surface area contributed by atoms with Gasteiger partial charge in [0.2, 0.25) is 0 Å². The van der Waals surface area contributed by atoms with Crippen molar-refractivity contribution in [1.82, 2.24) is 14.5 Å². The molecule has 4 rings (SSSR count). The smallest absolute Gasteiger partial charge is 0.109 e. The lowest BCUT2D eigenvalue weighted by molar-refractivity contribution is 0.771. The van der Waals surface area contributed by atoms with Gasteiger partial charge in [0, 0.05) is 30.9 Å². The molecule has 0 saturated heterocycles. The molecule has 0 amide bonds. The second kappa shape index (κ2) is 3.67. The normalized spacial score (nSPS) is 14.0. The number of hydrogen-bond acceptors (Lipinski definition) is 2. The molecule has 18 heavy (non-hydrogen) atoms. The van der Waals surface area contributed by atoms with Crippen LogP contribution in [0, 0.1) is 0 Å². The van der Waals surface area contributed by atoms with Gasteiger partial charge in [0.05, 0.1) is 11.0 Å². The maximum atomic E-state index is 4.68. The van der Waals surface area contributed by atoms with E-state index in [2.05, 4.69) is 38.8 Å². The van der Waals surface area contributed by atoms with Crippen LogP contribution in [0.4, 0.5) is 0 Å². The molecule has 88 valence electrons. The summed E-state index contributed by atoms with van der Waals surface area (Å²) in [6.07, 6.45) is 6.04. The Hall–Kier alpha value is -2.16. The van der Waals surface area contributed by atoms with E-state index in [1.165, 1.54) is 23.3 Å². The summed E-state index contributed by atoms with van der Waals surface area (Å²) in [5, 5.41) is 0. The van der Waals surface area contributed by atoms with E-state index >= 15 is 0 Å². The summed E-state index contributed by atoms with van der Waals surface area (Å²) < 4.78 is 2.34. The van der Waals surface area contributed by atoms with Gasteiger partial charge in [-0.25, -0.2) is 4.98 Å². The summed E-state index contributed by atoms with van der Waals surface area (Å²) in [5.74, 6) is 1.23. The van der Waals surface area contributed by atoms with Crippen molar-refractivity contribution < 1.29 is 0 Å². The Morgan fingerprint density at radius 1 is 1.11 bits per heavy atom. The summed E-state index contributed by atoms with van der Waals surface area (Å²) in [7, 11) is 0. The highest BCUT2D eigenvalue weighted by Crippen LogP contribution is 2.27. The fourth-order valence-electron chi connectivity index (χ4n) is 2.72. The molecular formula is C15H13N3. The second-order valence-corrected chi connectivity index (χ2v) is 4.73. The van der Waals surface area contributed by atoms with E-state index in [1.807, 2.05) is 12.3 Å². The lowest BCUT2D eigenvalue weighted by atomic mass is 10.1. The zero-order valence-corrected chi connectivity index (χ0v) is 10.0. The van der Waals surface area contributed by atoms with Gasteiger partial charge in [-0.1, -0.05) is 12.1 Å². The molecular weight excluding hydrogens is 222 g/mol. The van der Waals surface area contributed by atoms with Crippen LogP contribution in [0.3, 0.4) is 0 Å². The Labute approximate surface area is 105 Å². The monoisotopic (exact) mass is 235 g/mol. The molecule has 0 spiro atoms. The van der Waals surface area contributed by atoms with Crippen LogP contribution in [0.25, 0.3) is 22.2 Å². The van der Waals surface area contributed by atoms with Crippen LogP contribution in [0.1, 0.15) is 12.2 Å². The summed E-state index contributed by atoms with van der Waals surface area (Å²) in [6, 6.07) is 10.5. The molecule has 0 bridgehead atoms. The van der Waals surface area contributed by atoms with Gasteiger partial charge in [-0.15, -0.1) is 0 Å². The van der Waals surface area contributed by atoms with E-state index in [1.54, 1.807) is 6.20 Å². The van der Waals surface area contributed by atoms with Gasteiger partial charge in [-0.05, 0) is 30.2 Å². The fourth-order valence-corrected chi connectivity index (χ4v) is 2.72. The van der Waals surface area contributed by atoms with E-state index in [0.717, 1.165) is 24.0 Å². The van der Waals surface area contributed by atoms with Gasteiger partial charge in [0.1, 0.15) is 5.82 Å². The number of rotatable bonds is 1. The summed E-state index contributed by atoms with van der Waals surface area (Å²) >= 11 is 0. The highest BCUT2D eigenvalue weighted by Gasteiger charge is 2.16. The molecule has 1 aromatic carbocycles. The molecule has 0 atom stereocenters. The first-order valence-electron chi connectivity index (χ1n) is 6.31. The zero-order chi connectivity index (χ0) is 11.9. The molecule has 3 nitrogen and oxygen atoms in total. The lowest BCUT2D eigenvalue weighted by Gasteiger charge is -2.03. The Kier molecular flexibility index (Phi) is 2.00. The molecule has 3 aromatic rings. The van der Waals surface area contributed by atoms with Crippen LogP contribution in [-0.4, -0.2) is 14.5 Å². The average Bonchev–Trinajstić information content (AvgIpc) is 2.99. The molecule has 0 saturated carbocycles. The minimum absolute atomic E-state index is 1.10. The van der Waals surface area contributed by atoms with Crippen molar-refractivity contribution in [2.24, 2.45) is 0 Å². The van der Waals surface area contributed by atoms with Crippen LogP contribution in [0.5, 0.6) is 0 Å². The number of hydrogen-bond donors (Lipinski definition) is 0. The molecule has 1 aliphatic heterocycles. The van der Waals surface area contributed by atoms with Crippen LogP contribution in [0.2, 0.25) is 0 Å². The number of nitrogens with zero attached hydrogens (tertiary/aromatic N) is 3. The Morgan fingerprint density at radius 3 is 3.00 bits per heavy atom. The Morgan fingerprint density at radius 2 is 2.11 bits per heavy atom. The molecule has 2 aromatic heterocycles. The molecule has 1 aliphatic rings.